The van der Waals surface area contributed by atoms with Crippen molar-refractivity contribution >= 4 is 39.8 Å². The van der Waals surface area contributed by atoms with E-state index in [0.29, 0.717) is 17.4 Å². The molecule has 146 valence electrons. The molecule has 0 atom stereocenters. The van der Waals surface area contributed by atoms with Crippen molar-refractivity contribution in [2.75, 3.05) is 18.2 Å². The first-order chi connectivity index (χ1) is 13.5. The average molecular weight is 415 g/mol. The molecule has 0 unspecified atom stereocenters. The molecule has 0 bridgehead atoms. The van der Waals surface area contributed by atoms with E-state index in [0.717, 1.165) is 26.9 Å². The van der Waals surface area contributed by atoms with Crippen LogP contribution >= 0.6 is 23.1 Å². The highest BCUT2D eigenvalue weighted by atomic mass is 32.2. The van der Waals surface area contributed by atoms with Crippen LogP contribution in [0.5, 0.6) is 5.75 Å². The van der Waals surface area contributed by atoms with Gasteiger partial charge in [0.05, 0.1) is 12.9 Å². The second kappa shape index (κ2) is 9.57. The maximum Gasteiger partial charge on any atom is 0.230 e. The Bertz CT molecular complexity index is 959. The monoisotopic (exact) mass is 414 g/mol. The largest absolute Gasteiger partial charge is 0.497 e. The van der Waals surface area contributed by atoms with Crippen molar-refractivity contribution in [3.05, 3.63) is 59.2 Å². The predicted octanol–water partition coefficient (Wildman–Crippen LogP) is 4.32. The molecule has 0 aliphatic rings. The summed E-state index contributed by atoms with van der Waals surface area (Å²) in [5.41, 5.74) is 4.38. The Morgan fingerprint density at radius 2 is 2.04 bits per heavy atom. The molecule has 0 fully saturated rings. The molecule has 2 N–H and O–H groups in total. The smallest absolute Gasteiger partial charge is 0.230 e. The van der Waals surface area contributed by atoms with Crippen LogP contribution in [0.3, 0.4) is 0 Å². The molecule has 3 rings (SSSR count). The van der Waals surface area contributed by atoms with Crippen molar-refractivity contribution in [3.8, 4) is 5.75 Å². The van der Waals surface area contributed by atoms with Crippen LogP contribution in [0.4, 0.5) is 10.8 Å². The summed E-state index contributed by atoms with van der Waals surface area (Å²) in [6.45, 7) is 4.58. The number of methoxy groups -OCH3 is 1. The van der Waals surface area contributed by atoms with Crippen LogP contribution in [0, 0.1) is 13.8 Å². The lowest BCUT2D eigenvalue weighted by molar-refractivity contribution is -0.118. The molecule has 1 amide bonds. The normalized spacial score (nSPS) is 10.5. The molecule has 8 heteroatoms. The second-order valence-electron chi connectivity index (χ2n) is 6.23. The number of aromatic nitrogens is 2. The van der Waals surface area contributed by atoms with Gasteiger partial charge in [-0.3, -0.25) is 4.79 Å². The maximum absolute atomic E-state index is 12.1. The zero-order valence-electron chi connectivity index (χ0n) is 16.0. The summed E-state index contributed by atoms with van der Waals surface area (Å²) in [6, 6.07) is 13.8. The summed E-state index contributed by atoms with van der Waals surface area (Å²) < 4.78 is 5.94. The van der Waals surface area contributed by atoms with Crippen LogP contribution < -0.4 is 15.4 Å². The SMILES string of the molecule is COc1cccc(CNC(=O)CSc2nnc(Nc3ccc(C)cc3C)s2)c1. The molecule has 2 aromatic carbocycles. The molecular formula is C20H22N4O2S2. The molecule has 0 saturated carbocycles. The first-order valence-electron chi connectivity index (χ1n) is 8.73. The zero-order chi connectivity index (χ0) is 19.9. The van der Waals surface area contributed by atoms with Crippen LogP contribution in [0.25, 0.3) is 0 Å². The van der Waals surface area contributed by atoms with Crippen LogP contribution in [0.1, 0.15) is 16.7 Å². The third-order valence-electron chi connectivity index (χ3n) is 3.98. The van der Waals surface area contributed by atoms with Gasteiger partial charge in [-0.15, -0.1) is 10.2 Å². The van der Waals surface area contributed by atoms with Gasteiger partial charge >= 0.3 is 0 Å². The van der Waals surface area contributed by atoms with E-state index in [4.69, 9.17) is 4.74 Å². The van der Waals surface area contributed by atoms with E-state index in [-0.39, 0.29) is 5.91 Å². The number of benzene rings is 2. The molecule has 1 aromatic heterocycles. The van der Waals surface area contributed by atoms with Crippen molar-refractivity contribution in [1.29, 1.82) is 0 Å². The van der Waals surface area contributed by atoms with Crippen LogP contribution in [-0.2, 0) is 11.3 Å². The maximum atomic E-state index is 12.1. The topological polar surface area (TPSA) is 76.1 Å². The number of ether oxygens (including phenoxy) is 1. The van der Waals surface area contributed by atoms with Crippen molar-refractivity contribution in [3.63, 3.8) is 0 Å². The summed E-state index contributed by atoms with van der Waals surface area (Å²) >= 11 is 2.81. The third-order valence-corrected chi connectivity index (χ3v) is 5.95. The predicted molar refractivity (Wildman–Crippen MR) is 115 cm³/mol. The van der Waals surface area contributed by atoms with Crippen LogP contribution in [0.2, 0.25) is 0 Å². The summed E-state index contributed by atoms with van der Waals surface area (Å²) in [5, 5.41) is 15.2. The molecule has 0 radical (unpaired) electrons. The van der Waals surface area contributed by atoms with E-state index >= 15 is 0 Å². The molecule has 1 heterocycles. The lowest BCUT2D eigenvalue weighted by Crippen LogP contribution is -2.24. The van der Waals surface area contributed by atoms with E-state index < -0.39 is 0 Å². The summed E-state index contributed by atoms with van der Waals surface area (Å²) in [5.74, 6) is 1.02. The van der Waals surface area contributed by atoms with Crippen LogP contribution in [-0.4, -0.2) is 29.0 Å². The van der Waals surface area contributed by atoms with Gasteiger partial charge in [0.25, 0.3) is 0 Å². The van der Waals surface area contributed by atoms with Crippen molar-refractivity contribution in [2.24, 2.45) is 0 Å². The molecule has 28 heavy (non-hydrogen) atoms. The van der Waals surface area contributed by atoms with Gasteiger partial charge in [0.2, 0.25) is 11.0 Å². The lowest BCUT2D eigenvalue weighted by atomic mass is 10.1. The fourth-order valence-electron chi connectivity index (χ4n) is 2.55. The first-order valence-corrected chi connectivity index (χ1v) is 10.5. The number of amides is 1. The molecular weight excluding hydrogens is 392 g/mol. The van der Waals surface area contributed by atoms with E-state index in [1.165, 1.54) is 28.7 Å². The number of aryl methyl sites for hydroxylation is 2. The van der Waals surface area contributed by atoms with Gasteiger partial charge in [0.1, 0.15) is 5.75 Å². The van der Waals surface area contributed by atoms with Gasteiger partial charge in [-0.25, -0.2) is 0 Å². The molecule has 0 aliphatic heterocycles. The fourth-order valence-corrected chi connectivity index (χ4v) is 4.14. The fraction of sp³-hybridized carbons (Fsp3) is 0.250. The number of hydrogen-bond donors (Lipinski definition) is 2. The zero-order valence-corrected chi connectivity index (χ0v) is 17.6. The van der Waals surface area contributed by atoms with Gasteiger partial charge in [-0.05, 0) is 43.2 Å². The Kier molecular flexibility index (Phi) is 6.89. The second-order valence-corrected chi connectivity index (χ2v) is 8.43. The number of carbonyl (C=O) groups excluding carboxylic acids is 1. The minimum absolute atomic E-state index is 0.0492. The summed E-state index contributed by atoms with van der Waals surface area (Å²) in [7, 11) is 1.62. The number of thioether (sulfide) groups is 1. The molecule has 0 aliphatic carbocycles. The summed E-state index contributed by atoms with van der Waals surface area (Å²) in [6.07, 6.45) is 0. The average Bonchev–Trinajstić information content (AvgIpc) is 3.14. The number of anilines is 2. The number of hydrogen-bond acceptors (Lipinski definition) is 7. The van der Waals surface area contributed by atoms with Gasteiger partial charge in [-0.2, -0.15) is 0 Å². The quantitative estimate of drug-likeness (QED) is 0.535. The first kappa shape index (κ1) is 20.2. The van der Waals surface area contributed by atoms with Crippen molar-refractivity contribution in [2.45, 2.75) is 24.7 Å². The van der Waals surface area contributed by atoms with E-state index in [1.807, 2.05) is 30.3 Å². The van der Waals surface area contributed by atoms with Crippen molar-refractivity contribution in [1.82, 2.24) is 15.5 Å². The highest BCUT2D eigenvalue weighted by Crippen LogP contribution is 2.28. The number of nitrogens with zero attached hydrogens (tertiary/aromatic N) is 2. The molecule has 0 spiro atoms. The van der Waals surface area contributed by atoms with Gasteiger partial charge in [0.15, 0.2) is 4.34 Å². The van der Waals surface area contributed by atoms with Gasteiger partial charge < -0.3 is 15.4 Å². The number of carbonyl (C=O) groups is 1. The Balaban J connectivity index is 1.47. The third kappa shape index (κ3) is 5.71. The molecule has 3 aromatic rings. The van der Waals surface area contributed by atoms with E-state index in [9.17, 15) is 4.79 Å². The van der Waals surface area contributed by atoms with E-state index in [2.05, 4.69) is 46.8 Å². The van der Waals surface area contributed by atoms with Gasteiger partial charge in [0, 0.05) is 12.2 Å². The van der Waals surface area contributed by atoms with Crippen molar-refractivity contribution < 1.29 is 9.53 Å². The minimum Gasteiger partial charge on any atom is -0.497 e. The number of rotatable bonds is 8. The highest BCUT2D eigenvalue weighted by Gasteiger charge is 2.09. The van der Waals surface area contributed by atoms with Gasteiger partial charge in [-0.1, -0.05) is 52.9 Å². The molecule has 0 saturated heterocycles. The Hall–Kier alpha value is -2.58. The Labute approximate surface area is 172 Å². The van der Waals surface area contributed by atoms with Crippen LogP contribution in [0.15, 0.2) is 46.8 Å². The highest BCUT2D eigenvalue weighted by molar-refractivity contribution is 8.01. The molecule has 6 nitrogen and oxygen atoms in total. The standard InChI is InChI=1S/C20H22N4O2S2/c1-13-7-8-17(14(2)9-13)22-19-23-24-20(28-19)27-12-18(25)21-11-15-5-4-6-16(10-15)26-3/h4-10H,11-12H2,1-3H3,(H,21,25)(H,22,23). The van der Waals surface area contributed by atoms with E-state index in [1.54, 1.807) is 7.11 Å². The summed E-state index contributed by atoms with van der Waals surface area (Å²) in [4.78, 5) is 12.1. The Morgan fingerprint density at radius 3 is 2.82 bits per heavy atom. The minimum atomic E-state index is -0.0492. The number of nitrogens with one attached hydrogen (secondary N) is 2. The lowest BCUT2D eigenvalue weighted by Gasteiger charge is -2.06. The Morgan fingerprint density at radius 1 is 1.18 bits per heavy atom.